The van der Waals surface area contributed by atoms with Crippen LogP contribution in [0.4, 0.5) is 0 Å². The van der Waals surface area contributed by atoms with Gasteiger partial charge in [0, 0.05) is 31.0 Å². The molecule has 2 heterocycles. The molecule has 37 heavy (non-hydrogen) atoms. The molecule has 0 aliphatic carbocycles. The molecular weight excluding hydrogens is 484 g/mol. The second kappa shape index (κ2) is 12.6. The van der Waals surface area contributed by atoms with Crippen molar-refractivity contribution in [1.82, 2.24) is 15.5 Å². The number of nitrogens with zero attached hydrogens (tertiary/aromatic N) is 1. The van der Waals surface area contributed by atoms with Gasteiger partial charge in [-0.3, -0.25) is 19.2 Å². The summed E-state index contributed by atoms with van der Waals surface area (Å²) in [5.74, 6) is -6.08. The smallest absolute Gasteiger partial charge is 0.258 e. The molecule has 2 rings (SSSR count). The predicted octanol–water partition coefficient (Wildman–Crippen LogP) is -1.11. The number of amides is 4. The molecule has 2 fully saturated rings. The molecule has 0 radical (unpaired) electrons. The number of nitrogens with two attached hydrogens (primary N) is 1. The Morgan fingerprint density at radius 2 is 1.92 bits per heavy atom. The second-order valence-electron chi connectivity index (χ2n) is 10.1. The van der Waals surface area contributed by atoms with Gasteiger partial charge in [0.2, 0.25) is 23.5 Å². The minimum absolute atomic E-state index is 0.0390. The maximum absolute atomic E-state index is 13.0. The van der Waals surface area contributed by atoms with Gasteiger partial charge in [-0.05, 0) is 19.8 Å². The third-order valence-corrected chi connectivity index (χ3v) is 7.24. The minimum atomic E-state index is -2.11. The van der Waals surface area contributed by atoms with E-state index in [9.17, 15) is 34.5 Å². The first-order valence-electron chi connectivity index (χ1n) is 12.5. The van der Waals surface area contributed by atoms with Gasteiger partial charge < -0.3 is 41.3 Å². The molecule has 0 aromatic heterocycles. The summed E-state index contributed by atoms with van der Waals surface area (Å²) >= 11 is 0. The number of nitrogens with one attached hydrogen (secondary N) is 2. The van der Waals surface area contributed by atoms with E-state index in [1.807, 2.05) is 6.92 Å². The third kappa shape index (κ3) is 7.37. The summed E-state index contributed by atoms with van der Waals surface area (Å²) in [6, 6.07) is -0.747. The van der Waals surface area contributed by atoms with Crippen LogP contribution in [-0.4, -0.2) is 87.1 Å². The Morgan fingerprint density at radius 1 is 1.27 bits per heavy atom. The molecule has 0 aromatic rings. The largest absolute Gasteiger partial charge is 0.392 e. The summed E-state index contributed by atoms with van der Waals surface area (Å²) < 4.78 is 5.49. The number of carbonyl (C=O) groups excluding carboxylic acids is 4. The molecule has 0 bridgehead atoms. The first-order valence-corrected chi connectivity index (χ1v) is 12.5. The van der Waals surface area contributed by atoms with E-state index in [1.54, 1.807) is 20.8 Å². The maximum Gasteiger partial charge on any atom is 0.258 e. The molecule has 8 atom stereocenters. The number of primary amides is 1. The Kier molecular flexibility index (Phi) is 10.4. The number of carbonyl (C=O) groups is 4. The molecule has 0 aromatic carbocycles. The SMILES string of the molecule is C=C1CC(O)(C(O)C(=O)NC=CC(C)C(O)C(C)C(=O)N2CCCC2C(=O)NCC(N)=O)OC(C)C1C. The van der Waals surface area contributed by atoms with Crippen LogP contribution in [0.2, 0.25) is 0 Å². The molecule has 2 aliphatic rings. The van der Waals surface area contributed by atoms with Crippen molar-refractivity contribution < 1.29 is 39.2 Å². The summed E-state index contributed by atoms with van der Waals surface area (Å²) in [7, 11) is 0. The number of hydrogen-bond acceptors (Lipinski definition) is 8. The standard InChI is InChI=1S/C25H40N4O8/c1-13(8-9-27-23(34)21(32)25(36)11-14(2)15(3)17(5)37-25)20(31)16(4)24(35)29-10-6-7-18(29)22(33)28-12-19(26)30/h8-9,13,15-18,20-21,31-32,36H,2,6-7,10-12H2,1,3-5H3,(H2,26,30)(H,27,34)(H,28,33). The van der Waals surface area contributed by atoms with Gasteiger partial charge in [0.1, 0.15) is 6.04 Å². The zero-order chi connectivity index (χ0) is 28.1. The number of likely N-dealkylation sites (tertiary alicyclic amines) is 1. The molecule has 208 valence electrons. The molecule has 0 spiro atoms. The van der Waals surface area contributed by atoms with Crippen molar-refractivity contribution in [3.05, 3.63) is 24.4 Å². The minimum Gasteiger partial charge on any atom is -0.392 e. The number of hydrogen-bond donors (Lipinski definition) is 6. The summed E-state index contributed by atoms with van der Waals surface area (Å²) in [6.07, 6.45) is 0.161. The lowest BCUT2D eigenvalue weighted by Crippen LogP contribution is -2.57. The van der Waals surface area contributed by atoms with Gasteiger partial charge >= 0.3 is 0 Å². The van der Waals surface area contributed by atoms with Gasteiger partial charge in [-0.25, -0.2) is 0 Å². The normalized spacial score (nSPS) is 29.4. The van der Waals surface area contributed by atoms with E-state index in [4.69, 9.17) is 10.5 Å². The Morgan fingerprint density at radius 3 is 2.51 bits per heavy atom. The molecule has 4 amide bonds. The second-order valence-corrected chi connectivity index (χ2v) is 10.1. The van der Waals surface area contributed by atoms with Gasteiger partial charge in [0.25, 0.3) is 5.91 Å². The van der Waals surface area contributed by atoms with E-state index in [0.29, 0.717) is 25.0 Å². The fraction of sp³-hybridized carbons (Fsp3) is 0.680. The highest BCUT2D eigenvalue weighted by Crippen LogP contribution is 2.36. The van der Waals surface area contributed by atoms with Crippen LogP contribution >= 0.6 is 0 Å². The lowest BCUT2D eigenvalue weighted by Gasteiger charge is -2.42. The number of aliphatic hydroxyl groups excluding tert-OH is 2. The average molecular weight is 525 g/mol. The van der Waals surface area contributed by atoms with Crippen molar-refractivity contribution in [2.75, 3.05) is 13.1 Å². The fourth-order valence-corrected chi connectivity index (χ4v) is 4.58. The molecule has 2 aliphatic heterocycles. The van der Waals surface area contributed by atoms with E-state index in [1.165, 1.54) is 17.2 Å². The third-order valence-electron chi connectivity index (χ3n) is 7.24. The van der Waals surface area contributed by atoms with Crippen molar-refractivity contribution in [3.63, 3.8) is 0 Å². The van der Waals surface area contributed by atoms with E-state index in [-0.39, 0.29) is 18.9 Å². The van der Waals surface area contributed by atoms with E-state index >= 15 is 0 Å². The highest BCUT2D eigenvalue weighted by molar-refractivity contribution is 5.91. The molecule has 12 nitrogen and oxygen atoms in total. The van der Waals surface area contributed by atoms with Crippen LogP contribution < -0.4 is 16.4 Å². The molecule has 8 unspecified atom stereocenters. The van der Waals surface area contributed by atoms with Crippen molar-refractivity contribution in [2.24, 2.45) is 23.5 Å². The monoisotopic (exact) mass is 524 g/mol. The molecule has 12 heteroatoms. The van der Waals surface area contributed by atoms with Crippen LogP contribution in [0.3, 0.4) is 0 Å². The average Bonchev–Trinajstić information content (AvgIpc) is 3.33. The molecular formula is C25H40N4O8. The lowest BCUT2D eigenvalue weighted by atomic mass is 9.86. The number of ether oxygens (including phenoxy) is 1. The van der Waals surface area contributed by atoms with Crippen LogP contribution in [0.5, 0.6) is 0 Å². The van der Waals surface area contributed by atoms with Crippen molar-refractivity contribution in [1.29, 1.82) is 0 Å². The topological polar surface area (TPSA) is 192 Å². The van der Waals surface area contributed by atoms with Crippen molar-refractivity contribution in [2.45, 2.75) is 77.1 Å². The Balaban J connectivity index is 1.93. The Labute approximate surface area is 216 Å². The quantitative estimate of drug-likeness (QED) is 0.194. The summed E-state index contributed by atoms with van der Waals surface area (Å²) in [4.78, 5) is 50.1. The maximum atomic E-state index is 13.0. The molecule has 7 N–H and O–H groups in total. The predicted molar refractivity (Wildman–Crippen MR) is 133 cm³/mol. The van der Waals surface area contributed by atoms with Crippen molar-refractivity contribution in [3.8, 4) is 0 Å². The van der Waals surface area contributed by atoms with E-state index in [0.717, 1.165) is 0 Å². The zero-order valence-corrected chi connectivity index (χ0v) is 21.8. The van der Waals surface area contributed by atoms with Crippen LogP contribution in [-0.2, 0) is 23.9 Å². The highest BCUT2D eigenvalue weighted by atomic mass is 16.6. The lowest BCUT2D eigenvalue weighted by molar-refractivity contribution is -0.284. The highest BCUT2D eigenvalue weighted by Gasteiger charge is 2.47. The van der Waals surface area contributed by atoms with Crippen LogP contribution in [0.1, 0.15) is 47.0 Å². The van der Waals surface area contributed by atoms with Crippen LogP contribution in [0, 0.1) is 17.8 Å². The summed E-state index contributed by atoms with van der Waals surface area (Å²) in [5.41, 5.74) is 5.71. The van der Waals surface area contributed by atoms with Gasteiger partial charge in [0.05, 0.1) is 24.7 Å². The summed E-state index contributed by atoms with van der Waals surface area (Å²) in [5, 5.41) is 36.6. The van der Waals surface area contributed by atoms with Gasteiger partial charge in [-0.2, -0.15) is 0 Å². The van der Waals surface area contributed by atoms with Gasteiger partial charge in [-0.1, -0.05) is 39.0 Å². The first-order chi connectivity index (χ1) is 17.2. The van der Waals surface area contributed by atoms with E-state index in [2.05, 4.69) is 17.2 Å². The van der Waals surface area contributed by atoms with Crippen LogP contribution in [0.15, 0.2) is 24.4 Å². The molecule has 2 saturated heterocycles. The van der Waals surface area contributed by atoms with Crippen LogP contribution in [0.25, 0.3) is 0 Å². The Hall–Kier alpha value is -2.80. The van der Waals surface area contributed by atoms with E-state index < -0.39 is 65.6 Å². The summed E-state index contributed by atoms with van der Waals surface area (Å²) in [6.45, 7) is 10.7. The number of aliphatic hydroxyl groups is 3. The van der Waals surface area contributed by atoms with Gasteiger partial charge in [-0.15, -0.1) is 0 Å². The first kappa shape index (κ1) is 30.4. The zero-order valence-electron chi connectivity index (χ0n) is 21.8. The Bertz CT molecular complexity index is 924. The van der Waals surface area contributed by atoms with Gasteiger partial charge in [0.15, 0.2) is 6.10 Å². The fourth-order valence-electron chi connectivity index (χ4n) is 4.58. The number of rotatable bonds is 10. The molecule has 0 saturated carbocycles. The van der Waals surface area contributed by atoms with Crippen molar-refractivity contribution >= 4 is 23.6 Å².